The SMILES string of the molecule is CCC(NCc1cc2c(cc1O)OCO2)c1cccs1. The molecule has 0 saturated heterocycles. The Bertz CT molecular complexity index is 583. The number of nitrogens with one attached hydrogen (secondary N) is 1. The first-order valence-corrected chi connectivity index (χ1v) is 7.54. The molecule has 2 N–H and O–H groups in total. The Morgan fingerprint density at radius 3 is 2.85 bits per heavy atom. The lowest BCUT2D eigenvalue weighted by Gasteiger charge is -2.16. The van der Waals surface area contributed by atoms with Crippen molar-refractivity contribution in [1.82, 2.24) is 5.32 Å². The van der Waals surface area contributed by atoms with Gasteiger partial charge in [-0.25, -0.2) is 0 Å². The monoisotopic (exact) mass is 291 g/mol. The Labute approximate surface area is 122 Å². The van der Waals surface area contributed by atoms with Crippen LogP contribution in [0.15, 0.2) is 29.6 Å². The van der Waals surface area contributed by atoms with Crippen LogP contribution in [0.5, 0.6) is 17.2 Å². The van der Waals surface area contributed by atoms with Gasteiger partial charge in [0.25, 0.3) is 0 Å². The van der Waals surface area contributed by atoms with Gasteiger partial charge in [0.1, 0.15) is 5.75 Å². The van der Waals surface area contributed by atoms with Crippen LogP contribution in [0.2, 0.25) is 0 Å². The second kappa shape index (κ2) is 5.73. The van der Waals surface area contributed by atoms with Gasteiger partial charge in [-0.3, -0.25) is 0 Å². The zero-order valence-corrected chi connectivity index (χ0v) is 12.1. The smallest absolute Gasteiger partial charge is 0.231 e. The molecule has 2 aromatic rings. The van der Waals surface area contributed by atoms with Crippen LogP contribution in [-0.4, -0.2) is 11.9 Å². The Kier molecular flexibility index (Phi) is 3.80. The third-order valence-corrected chi connectivity index (χ3v) is 4.39. The summed E-state index contributed by atoms with van der Waals surface area (Å²) in [5.74, 6) is 1.54. The maximum atomic E-state index is 10.0. The van der Waals surface area contributed by atoms with Crippen LogP contribution in [0.1, 0.15) is 29.8 Å². The quantitative estimate of drug-likeness (QED) is 0.886. The maximum Gasteiger partial charge on any atom is 0.231 e. The fourth-order valence-electron chi connectivity index (χ4n) is 2.28. The van der Waals surface area contributed by atoms with Crippen molar-refractivity contribution in [3.05, 3.63) is 40.1 Å². The summed E-state index contributed by atoms with van der Waals surface area (Å²) in [6.07, 6.45) is 1.01. The molecule has 5 heteroatoms. The summed E-state index contributed by atoms with van der Waals surface area (Å²) >= 11 is 1.75. The van der Waals surface area contributed by atoms with Gasteiger partial charge in [-0.2, -0.15) is 0 Å². The van der Waals surface area contributed by atoms with Gasteiger partial charge in [-0.15, -0.1) is 11.3 Å². The maximum absolute atomic E-state index is 10.0. The zero-order valence-electron chi connectivity index (χ0n) is 11.3. The van der Waals surface area contributed by atoms with E-state index in [9.17, 15) is 5.11 Å². The van der Waals surface area contributed by atoms with E-state index in [1.165, 1.54) is 4.88 Å². The average Bonchev–Trinajstić information content (AvgIpc) is 3.10. The summed E-state index contributed by atoms with van der Waals surface area (Å²) in [4.78, 5) is 1.31. The molecule has 106 valence electrons. The van der Waals surface area contributed by atoms with Crippen molar-refractivity contribution in [2.75, 3.05) is 6.79 Å². The van der Waals surface area contributed by atoms with Crippen LogP contribution in [0, 0.1) is 0 Å². The normalized spacial score (nSPS) is 14.4. The molecule has 0 bridgehead atoms. The number of hydrogen-bond acceptors (Lipinski definition) is 5. The first kappa shape index (κ1) is 13.3. The third-order valence-electron chi connectivity index (χ3n) is 3.41. The summed E-state index contributed by atoms with van der Waals surface area (Å²) in [5, 5.41) is 15.6. The Balaban J connectivity index is 1.72. The fourth-order valence-corrected chi connectivity index (χ4v) is 3.17. The molecule has 0 saturated carbocycles. The van der Waals surface area contributed by atoms with Crippen LogP contribution >= 0.6 is 11.3 Å². The van der Waals surface area contributed by atoms with E-state index in [4.69, 9.17) is 9.47 Å². The molecular weight excluding hydrogens is 274 g/mol. The summed E-state index contributed by atoms with van der Waals surface area (Å²) < 4.78 is 10.6. The van der Waals surface area contributed by atoms with E-state index in [0.29, 0.717) is 24.1 Å². The number of rotatable bonds is 5. The average molecular weight is 291 g/mol. The predicted octanol–water partition coefficient (Wildman–Crippen LogP) is 3.42. The number of aromatic hydroxyl groups is 1. The Hall–Kier alpha value is -1.72. The minimum absolute atomic E-state index is 0.221. The van der Waals surface area contributed by atoms with E-state index in [1.807, 2.05) is 6.07 Å². The van der Waals surface area contributed by atoms with E-state index in [-0.39, 0.29) is 12.5 Å². The lowest BCUT2D eigenvalue weighted by Crippen LogP contribution is -2.19. The van der Waals surface area contributed by atoms with E-state index in [1.54, 1.807) is 17.4 Å². The lowest BCUT2D eigenvalue weighted by atomic mass is 10.1. The van der Waals surface area contributed by atoms with Gasteiger partial charge in [-0.05, 0) is 23.9 Å². The second-order valence-corrected chi connectivity index (χ2v) is 5.67. The molecule has 4 nitrogen and oxygen atoms in total. The summed E-state index contributed by atoms with van der Waals surface area (Å²) in [6.45, 7) is 2.97. The summed E-state index contributed by atoms with van der Waals surface area (Å²) in [5.41, 5.74) is 0.823. The van der Waals surface area contributed by atoms with Crippen molar-refractivity contribution in [2.24, 2.45) is 0 Å². The summed E-state index contributed by atoms with van der Waals surface area (Å²) in [7, 11) is 0. The highest BCUT2D eigenvalue weighted by Gasteiger charge is 2.18. The van der Waals surface area contributed by atoms with Crippen molar-refractivity contribution in [1.29, 1.82) is 0 Å². The molecule has 0 fully saturated rings. The van der Waals surface area contributed by atoms with Crippen LogP contribution < -0.4 is 14.8 Å². The van der Waals surface area contributed by atoms with Crippen LogP contribution in [0.25, 0.3) is 0 Å². The molecule has 0 spiro atoms. The molecule has 1 atom stereocenters. The number of benzene rings is 1. The highest BCUT2D eigenvalue weighted by molar-refractivity contribution is 7.10. The van der Waals surface area contributed by atoms with Crippen molar-refractivity contribution in [3.8, 4) is 17.2 Å². The fraction of sp³-hybridized carbons (Fsp3) is 0.333. The highest BCUT2D eigenvalue weighted by atomic mass is 32.1. The Morgan fingerprint density at radius 2 is 2.15 bits per heavy atom. The molecule has 20 heavy (non-hydrogen) atoms. The van der Waals surface area contributed by atoms with Crippen molar-refractivity contribution in [2.45, 2.75) is 25.9 Å². The molecule has 0 amide bonds. The third kappa shape index (κ3) is 2.59. The van der Waals surface area contributed by atoms with E-state index < -0.39 is 0 Å². The molecule has 1 aromatic heterocycles. The first-order valence-electron chi connectivity index (χ1n) is 6.66. The molecule has 3 rings (SSSR count). The minimum atomic E-state index is 0.221. The molecule has 0 radical (unpaired) electrons. The molecule has 1 aromatic carbocycles. The highest BCUT2D eigenvalue weighted by Crippen LogP contribution is 2.37. The van der Waals surface area contributed by atoms with E-state index in [2.05, 4.69) is 29.8 Å². The zero-order chi connectivity index (χ0) is 13.9. The second-order valence-electron chi connectivity index (χ2n) is 4.69. The number of phenolic OH excluding ortho intramolecular Hbond substituents is 1. The molecular formula is C15H17NO3S. The number of thiophene rings is 1. The molecule has 2 heterocycles. The topological polar surface area (TPSA) is 50.7 Å². The van der Waals surface area contributed by atoms with Gasteiger partial charge in [0, 0.05) is 29.1 Å². The van der Waals surface area contributed by atoms with Gasteiger partial charge in [0.15, 0.2) is 11.5 Å². The van der Waals surface area contributed by atoms with Crippen LogP contribution in [0.3, 0.4) is 0 Å². The van der Waals surface area contributed by atoms with Gasteiger partial charge < -0.3 is 19.9 Å². The number of phenols is 1. The predicted molar refractivity (Wildman–Crippen MR) is 78.4 cm³/mol. The van der Waals surface area contributed by atoms with Crippen molar-refractivity contribution in [3.63, 3.8) is 0 Å². The summed E-state index contributed by atoms with van der Waals surface area (Å²) in [6, 6.07) is 7.95. The van der Waals surface area contributed by atoms with Crippen LogP contribution in [0.4, 0.5) is 0 Å². The largest absolute Gasteiger partial charge is 0.507 e. The number of fused-ring (bicyclic) bond motifs is 1. The van der Waals surface area contributed by atoms with E-state index in [0.717, 1.165) is 12.0 Å². The van der Waals surface area contributed by atoms with Crippen molar-refractivity contribution >= 4 is 11.3 Å². The molecule has 1 aliphatic heterocycles. The van der Waals surface area contributed by atoms with Gasteiger partial charge in [0.2, 0.25) is 6.79 Å². The minimum Gasteiger partial charge on any atom is -0.507 e. The van der Waals surface area contributed by atoms with Gasteiger partial charge in [-0.1, -0.05) is 13.0 Å². The number of hydrogen-bond donors (Lipinski definition) is 2. The molecule has 1 aliphatic rings. The molecule has 0 aliphatic carbocycles. The van der Waals surface area contributed by atoms with Crippen LogP contribution in [-0.2, 0) is 6.54 Å². The number of ether oxygens (including phenoxy) is 2. The van der Waals surface area contributed by atoms with Gasteiger partial charge in [0.05, 0.1) is 0 Å². The molecule has 1 unspecified atom stereocenters. The standard InChI is InChI=1S/C15H17NO3S/c1-2-11(15-4-3-5-20-15)16-8-10-6-13-14(7-12(10)17)19-9-18-13/h3-7,11,16-17H,2,8-9H2,1H3. The lowest BCUT2D eigenvalue weighted by molar-refractivity contribution is 0.174. The van der Waals surface area contributed by atoms with Gasteiger partial charge >= 0.3 is 0 Å². The Morgan fingerprint density at radius 1 is 1.35 bits per heavy atom. The van der Waals surface area contributed by atoms with E-state index >= 15 is 0 Å². The first-order chi connectivity index (χ1) is 9.78. The van der Waals surface area contributed by atoms with Crippen molar-refractivity contribution < 1.29 is 14.6 Å².